The Bertz CT molecular complexity index is 591. The molecule has 0 aromatic carbocycles. The first-order valence-corrected chi connectivity index (χ1v) is 5.24. The number of nitrogens with two attached hydrogens (primary N) is 1. The number of anilines is 2. The molecule has 8 heteroatoms. The Labute approximate surface area is 109 Å². The van der Waals surface area contributed by atoms with Crippen LogP contribution >= 0.6 is 0 Å². The van der Waals surface area contributed by atoms with Crippen LogP contribution in [0.25, 0.3) is 0 Å². The van der Waals surface area contributed by atoms with Crippen LogP contribution in [-0.2, 0) is 4.74 Å². The first-order valence-electron chi connectivity index (χ1n) is 5.24. The number of aromatic nitrogens is 2. The lowest BCUT2D eigenvalue weighted by Crippen LogP contribution is -2.28. The molecule has 0 atom stereocenters. The average Bonchev–Trinajstić information content (AvgIpc) is 2.28. The summed E-state index contributed by atoms with van der Waals surface area (Å²) in [4.78, 5) is 19.0. The van der Waals surface area contributed by atoms with E-state index in [1.54, 1.807) is 32.9 Å². The highest BCUT2D eigenvalue weighted by atomic mass is 16.6. The Morgan fingerprint density at radius 1 is 1.26 bits per heavy atom. The van der Waals surface area contributed by atoms with Crippen molar-refractivity contribution in [3.05, 3.63) is 11.4 Å². The summed E-state index contributed by atoms with van der Waals surface area (Å²) in [6, 6.07) is 3.43. The number of rotatable bonds is 1. The Kier molecular flexibility index (Phi) is 3.88. The van der Waals surface area contributed by atoms with E-state index in [1.807, 2.05) is 0 Å². The zero-order valence-corrected chi connectivity index (χ0v) is 10.7. The van der Waals surface area contributed by atoms with Gasteiger partial charge in [0.2, 0.25) is 0 Å². The van der Waals surface area contributed by atoms with E-state index in [-0.39, 0.29) is 23.0 Å². The highest BCUT2D eigenvalue weighted by molar-refractivity contribution is 5.85. The van der Waals surface area contributed by atoms with Gasteiger partial charge in [0.1, 0.15) is 17.7 Å². The van der Waals surface area contributed by atoms with Crippen LogP contribution in [0, 0.1) is 22.7 Å². The minimum absolute atomic E-state index is 0.164. The molecule has 0 fully saturated rings. The third-order valence-electron chi connectivity index (χ3n) is 1.75. The summed E-state index contributed by atoms with van der Waals surface area (Å²) in [6.45, 7) is 5.06. The maximum Gasteiger partial charge on any atom is 0.413 e. The van der Waals surface area contributed by atoms with E-state index in [9.17, 15) is 4.79 Å². The van der Waals surface area contributed by atoms with E-state index in [0.717, 1.165) is 0 Å². The van der Waals surface area contributed by atoms with Crippen LogP contribution in [0.4, 0.5) is 16.4 Å². The van der Waals surface area contributed by atoms with Gasteiger partial charge in [0.25, 0.3) is 0 Å². The zero-order valence-electron chi connectivity index (χ0n) is 10.7. The summed E-state index contributed by atoms with van der Waals surface area (Å²) < 4.78 is 5.00. The number of amides is 1. The third kappa shape index (κ3) is 3.82. The molecule has 0 saturated carbocycles. The second kappa shape index (κ2) is 5.19. The standard InChI is InChI=1S/C11H12N6O2/c1-11(2,3)19-10(18)17-9-7(5-13)15-8(14)6(4-12)16-9/h1-3H3,(H2,14,15)(H,16,17,18). The largest absolute Gasteiger partial charge is 0.444 e. The number of ether oxygens (including phenoxy) is 1. The van der Waals surface area contributed by atoms with Gasteiger partial charge in [0, 0.05) is 0 Å². The van der Waals surface area contributed by atoms with Crippen molar-refractivity contribution in [2.75, 3.05) is 11.1 Å². The van der Waals surface area contributed by atoms with Crippen molar-refractivity contribution >= 4 is 17.7 Å². The van der Waals surface area contributed by atoms with Gasteiger partial charge in [0.05, 0.1) is 0 Å². The topological polar surface area (TPSA) is 138 Å². The summed E-state index contributed by atoms with van der Waals surface area (Å²) in [7, 11) is 0. The van der Waals surface area contributed by atoms with Gasteiger partial charge in [-0.3, -0.25) is 5.32 Å². The molecule has 0 aliphatic heterocycles. The van der Waals surface area contributed by atoms with Gasteiger partial charge >= 0.3 is 6.09 Å². The van der Waals surface area contributed by atoms with Crippen molar-refractivity contribution in [3.63, 3.8) is 0 Å². The molecule has 0 bridgehead atoms. The van der Waals surface area contributed by atoms with E-state index in [2.05, 4.69) is 15.3 Å². The molecule has 8 nitrogen and oxygen atoms in total. The lowest BCUT2D eigenvalue weighted by molar-refractivity contribution is 0.0635. The van der Waals surface area contributed by atoms with E-state index >= 15 is 0 Å². The van der Waals surface area contributed by atoms with Gasteiger partial charge in [-0.05, 0) is 20.8 Å². The Morgan fingerprint density at radius 2 is 1.84 bits per heavy atom. The Hall–Kier alpha value is -2.87. The lowest BCUT2D eigenvalue weighted by Gasteiger charge is -2.19. The predicted octanol–water partition coefficient (Wildman–Crippen LogP) is 1.15. The molecule has 0 aliphatic carbocycles. The SMILES string of the molecule is CC(C)(C)OC(=O)Nc1nc(C#N)c(N)nc1C#N. The van der Waals surface area contributed by atoms with Gasteiger partial charge in [-0.25, -0.2) is 14.8 Å². The van der Waals surface area contributed by atoms with Crippen LogP contribution in [0.5, 0.6) is 0 Å². The van der Waals surface area contributed by atoms with E-state index < -0.39 is 11.7 Å². The fourth-order valence-corrected chi connectivity index (χ4v) is 1.10. The molecule has 1 heterocycles. The lowest BCUT2D eigenvalue weighted by atomic mass is 10.2. The number of hydrogen-bond acceptors (Lipinski definition) is 7. The van der Waals surface area contributed by atoms with E-state index in [1.165, 1.54) is 0 Å². The zero-order chi connectivity index (χ0) is 14.6. The fourth-order valence-electron chi connectivity index (χ4n) is 1.10. The number of nitrogens with zero attached hydrogens (tertiary/aromatic N) is 4. The van der Waals surface area contributed by atoms with E-state index in [4.69, 9.17) is 21.0 Å². The van der Waals surface area contributed by atoms with Gasteiger partial charge < -0.3 is 10.5 Å². The van der Waals surface area contributed by atoms with Crippen molar-refractivity contribution in [2.24, 2.45) is 0 Å². The second-order valence-electron chi connectivity index (χ2n) is 4.51. The first-order chi connectivity index (χ1) is 8.76. The molecule has 98 valence electrons. The van der Waals surface area contributed by atoms with Crippen molar-refractivity contribution in [1.82, 2.24) is 9.97 Å². The number of carbonyl (C=O) groups is 1. The molecule has 1 aromatic rings. The van der Waals surface area contributed by atoms with Crippen LogP contribution < -0.4 is 11.1 Å². The molecule has 0 saturated heterocycles. The minimum atomic E-state index is -0.799. The second-order valence-corrected chi connectivity index (χ2v) is 4.51. The highest BCUT2D eigenvalue weighted by Gasteiger charge is 2.19. The van der Waals surface area contributed by atoms with Crippen molar-refractivity contribution in [3.8, 4) is 12.1 Å². The summed E-state index contributed by atoms with van der Waals surface area (Å²) in [5.74, 6) is -0.337. The van der Waals surface area contributed by atoms with Crippen molar-refractivity contribution < 1.29 is 9.53 Å². The molecule has 3 N–H and O–H groups in total. The highest BCUT2D eigenvalue weighted by Crippen LogP contribution is 2.16. The molecule has 1 rings (SSSR count). The van der Waals surface area contributed by atoms with Crippen LogP contribution in [-0.4, -0.2) is 21.7 Å². The summed E-state index contributed by atoms with van der Waals surface area (Å²) in [5.41, 5.74) is 4.35. The molecule has 0 aliphatic rings. The summed E-state index contributed by atoms with van der Waals surface area (Å²) in [6.07, 6.45) is -0.799. The molecular weight excluding hydrogens is 248 g/mol. The maximum absolute atomic E-state index is 11.6. The summed E-state index contributed by atoms with van der Waals surface area (Å²) in [5, 5.41) is 19.9. The molecular formula is C11H12N6O2. The van der Waals surface area contributed by atoms with Gasteiger partial charge in [-0.1, -0.05) is 0 Å². The van der Waals surface area contributed by atoms with Crippen LogP contribution in [0.3, 0.4) is 0 Å². The normalized spacial score (nSPS) is 10.2. The number of hydrogen-bond donors (Lipinski definition) is 2. The summed E-state index contributed by atoms with van der Waals surface area (Å²) >= 11 is 0. The van der Waals surface area contributed by atoms with Crippen LogP contribution in [0.15, 0.2) is 0 Å². The molecule has 0 spiro atoms. The molecule has 19 heavy (non-hydrogen) atoms. The van der Waals surface area contributed by atoms with Crippen LogP contribution in [0.1, 0.15) is 32.2 Å². The number of carbonyl (C=O) groups excluding carboxylic acids is 1. The van der Waals surface area contributed by atoms with Gasteiger partial charge in [-0.2, -0.15) is 10.5 Å². The smallest absolute Gasteiger partial charge is 0.413 e. The Balaban J connectivity index is 3.05. The number of nitrogen functional groups attached to an aromatic ring is 1. The quantitative estimate of drug-likeness (QED) is 0.772. The fraction of sp³-hybridized carbons (Fsp3) is 0.364. The maximum atomic E-state index is 11.6. The number of nitriles is 2. The molecule has 1 amide bonds. The van der Waals surface area contributed by atoms with Gasteiger partial charge in [-0.15, -0.1) is 0 Å². The molecule has 1 aromatic heterocycles. The Morgan fingerprint density at radius 3 is 2.32 bits per heavy atom. The minimum Gasteiger partial charge on any atom is -0.444 e. The van der Waals surface area contributed by atoms with Crippen molar-refractivity contribution in [1.29, 1.82) is 10.5 Å². The molecule has 0 unspecified atom stereocenters. The van der Waals surface area contributed by atoms with Crippen molar-refractivity contribution in [2.45, 2.75) is 26.4 Å². The van der Waals surface area contributed by atoms with E-state index in [0.29, 0.717) is 0 Å². The first kappa shape index (κ1) is 14.2. The van der Waals surface area contributed by atoms with Gasteiger partial charge in [0.15, 0.2) is 23.0 Å². The predicted molar refractivity (Wildman–Crippen MR) is 65.7 cm³/mol. The average molecular weight is 260 g/mol. The third-order valence-corrected chi connectivity index (χ3v) is 1.75. The monoisotopic (exact) mass is 260 g/mol. The molecule has 0 radical (unpaired) electrons. The number of nitrogens with one attached hydrogen (secondary N) is 1. The van der Waals surface area contributed by atoms with Crippen LogP contribution in [0.2, 0.25) is 0 Å².